The normalized spacial score (nSPS) is 12.8. The van der Waals surface area contributed by atoms with Gasteiger partial charge in [0.25, 0.3) is 0 Å². The van der Waals surface area contributed by atoms with Crippen LogP contribution in [0.1, 0.15) is 20.8 Å². The van der Waals surface area contributed by atoms with Crippen molar-refractivity contribution in [1.82, 2.24) is 4.90 Å². The predicted octanol–water partition coefficient (Wildman–Crippen LogP) is 1.68. The highest BCUT2D eigenvalue weighted by molar-refractivity contribution is 5.86. The summed E-state index contributed by atoms with van der Waals surface area (Å²) >= 11 is 0. The molecule has 0 saturated carbocycles. The summed E-state index contributed by atoms with van der Waals surface area (Å²) in [6.07, 6.45) is 1.35. The molecule has 0 fully saturated rings. The number of hydrogen-bond acceptors (Lipinski definition) is 1. The lowest BCUT2D eigenvalue weighted by Gasteiger charge is -2.26. The number of rotatable bonds is 3. The van der Waals surface area contributed by atoms with Crippen LogP contribution in [0.5, 0.6) is 0 Å². The molecule has 0 N–H and O–H groups in total. The Morgan fingerprint density at radius 2 is 1.91 bits per heavy atom. The zero-order valence-electron chi connectivity index (χ0n) is 7.79. The van der Waals surface area contributed by atoms with Gasteiger partial charge in [-0.25, -0.2) is 0 Å². The third-order valence-corrected chi connectivity index (χ3v) is 2.10. The molecule has 0 aromatic carbocycles. The van der Waals surface area contributed by atoms with E-state index in [0.29, 0.717) is 5.92 Å². The van der Waals surface area contributed by atoms with Crippen LogP contribution in [0, 0.1) is 5.92 Å². The van der Waals surface area contributed by atoms with E-state index >= 15 is 0 Å². The quantitative estimate of drug-likeness (QED) is 0.568. The van der Waals surface area contributed by atoms with Crippen LogP contribution in [0.15, 0.2) is 12.7 Å². The average molecular weight is 155 g/mol. The summed E-state index contributed by atoms with van der Waals surface area (Å²) in [5.41, 5.74) is 0. The van der Waals surface area contributed by atoms with Crippen LogP contribution in [0.3, 0.4) is 0 Å². The van der Waals surface area contributed by atoms with Crippen LogP contribution in [0.2, 0.25) is 0 Å². The molecule has 0 aromatic rings. The van der Waals surface area contributed by atoms with Crippen LogP contribution < -0.4 is 0 Å². The molecule has 0 saturated heterocycles. The Morgan fingerprint density at radius 3 is 2.18 bits per heavy atom. The van der Waals surface area contributed by atoms with Gasteiger partial charge in [0.1, 0.15) is 0 Å². The zero-order valence-corrected chi connectivity index (χ0v) is 7.79. The molecule has 0 aliphatic carbocycles. The van der Waals surface area contributed by atoms with Gasteiger partial charge in [0, 0.05) is 13.1 Å². The number of carbonyl (C=O) groups excluding carboxylic acids is 1. The number of nitrogens with zero attached hydrogens (tertiary/aromatic N) is 1. The Hall–Kier alpha value is -0.790. The van der Waals surface area contributed by atoms with Crippen LogP contribution in [0.4, 0.5) is 0 Å². The van der Waals surface area contributed by atoms with E-state index in [-0.39, 0.29) is 11.9 Å². The number of amides is 1. The molecule has 11 heavy (non-hydrogen) atoms. The molecule has 0 aromatic heterocycles. The minimum atomic E-state index is -0.00815. The van der Waals surface area contributed by atoms with E-state index in [1.54, 1.807) is 11.9 Å². The van der Waals surface area contributed by atoms with Crippen molar-refractivity contribution in [2.45, 2.75) is 26.8 Å². The van der Waals surface area contributed by atoms with E-state index in [9.17, 15) is 4.79 Å². The van der Waals surface area contributed by atoms with E-state index in [0.717, 1.165) is 0 Å². The van der Waals surface area contributed by atoms with Crippen molar-refractivity contribution < 1.29 is 4.79 Å². The SMILES string of the molecule is C=CC(=O)N(C)C(C)C(C)C. The first-order valence-corrected chi connectivity index (χ1v) is 3.90. The standard InChI is InChI=1S/C9H17NO/c1-6-9(11)10(5)8(4)7(2)3/h6-8H,1H2,2-5H3. The molecule has 0 heterocycles. The summed E-state index contributed by atoms with van der Waals surface area (Å²) in [6.45, 7) is 9.66. The Morgan fingerprint density at radius 1 is 1.45 bits per heavy atom. The van der Waals surface area contributed by atoms with Crippen molar-refractivity contribution in [3.05, 3.63) is 12.7 Å². The van der Waals surface area contributed by atoms with Gasteiger partial charge < -0.3 is 4.90 Å². The maximum Gasteiger partial charge on any atom is 0.245 e. The molecule has 2 heteroatoms. The van der Waals surface area contributed by atoms with Crippen molar-refractivity contribution in [3.63, 3.8) is 0 Å². The second kappa shape index (κ2) is 4.16. The van der Waals surface area contributed by atoms with Gasteiger partial charge in [-0.1, -0.05) is 20.4 Å². The van der Waals surface area contributed by atoms with Crippen LogP contribution in [-0.2, 0) is 4.79 Å². The minimum Gasteiger partial charge on any atom is -0.339 e. The third kappa shape index (κ3) is 2.74. The number of hydrogen-bond donors (Lipinski definition) is 0. The summed E-state index contributed by atoms with van der Waals surface area (Å²) in [6, 6.07) is 0.278. The second-order valence-corrected chi connectivity index (χ2v) is 3.14. The molecule has 0 bridgehead atoms. The van der Waals surface area contributed by atoms with Crippen molar-refractivity contribution in [1.29, 1.82) is 0 Å². The van der Waals surface area contributed by atoms with Crippen LogP contribution in [-0.4, -0.2) is 23.9 Å². The highest BCUT2D eigenvalue weighted by atomic mass is 16.2. The van der Waals surface area contributed by atoms with Crippen molar-refractivity contribution >= 4 is 5.91 Å². The third-order valence-electron chi connectivity index (χ3n) is 2.10. The summed E-state index contributed by atoms with van der Waals surface area (Å²) in [5.74, 6) is 0.482. The summed E-state index contributed by atoms with van der Waals surface area (Å²) in [4.78, 5) is 12.8. The first-order chi connectivity index (χ1) is 5.00. The van der Waals surface area contributed by atoms with E-state index in [1.807, 2.05) is 6.92 Å². The lowest BCUT2D eigenvalue weighted by Crippen LogP contribution is -2.37. The topological polar surface area (TPSA) is 20.3 Å². The van der Waals surface area contributed by atoms with Gasteiger partial charge >= 0.3 is 0 Å². The summed E-state index contributed by atoms with van der Waals surface area (Å²) in [7, 11) is 1.80. The lowest BCUT2D eigenvalue weighted by molar-refractivity contribution is -0.127. The van der Waals surface area contributed by atoms with Crippen LogP contribution in [0.25, 0.3) is 0 Å². The predicted molar refractivity (Wildman–Crippen MR) is 47.3 cm³/mol. The van der Waals surface area contributed by atoms with Crippen molar-refractivity contribution in [3.8, 4) is 0 Å². The maximum absolute atomic E-state index is 11.1. The van der Waals surface area contributed by atoms with Gasteiger partial charge in [0.2, 0.25) is 5.91 Å². The van der Waals surface area contributed by atoms with Gasteiger partial charge in [-0.05, 0) is 18.9 Å². The molecule has 1 atom stereocenters. The highest BCUT2D eigenvalue weighted by Crippen LogP contribution is 2.07. The molecule has 1 amide bonds. The Kier molecular flexibility index (Phi) is 3.86. The number of carbonyl (C=O) groups is 1. The van der Waals surface area contributed by atoms with E-state index < -0.39 is 0 Å². The van der Waals surface area contributed by atoms with Gasteiger partial charge in [0.05, 0.1) is 0 Å². The minimum absolute atomic E-state index is 0.00815. The lowest BCUT2D eigenvalue weighted by atomic mass is 10.1. The molecule has 64 valence electrons. The molecule has 0 radical (unpaired) electrons. The average Bonchev–Trinajstić information content (AvgIpc) is 2.00. The Labute approximate surface area is 68.9 Å². The Bertz CT molecular complexity index is 152. The fraction of sp³-hybridized carbons (Fsp3) is 0.667. The largest absolute Gasteiger partial charge is 0.339 e. The summed E-state index contributed by atoms with van der Waals surface area (Å²) in [5, 5.41) is 0. The molecule has 2 nitrogen and oxygen atoms in total. The highest BCUT2D eigenvalue weighted by Gasteiger charge is 2.15. The fourth-order valence-corrected chi connectivity index (χ4v) is 0.792. The van der Waals surface area contributed by atoms with Gasteiger partial charge in [-0.3, -0.25) is 4.79 Å². The molecular formula is C9H17NO. The summed E-state index contributed by atoms with van der Waals surface area (Å²) < 4.78 is 0. The first-order valence-electron chi connectivity index (χ1n) is 3.90. The zero-order chi connectivity index (χ0) is 9.02. The van der Waals surface area contributed by atoms with E-state index in [1.165, 1.54) is 6.08 Å². The molecule has 0 aliphatic rings. The van der Waals surface area contributed by atoms with E-state index in [4.69, 9.17) is 0 Å². The van der Waals surface area contributed by atoms with Gasteiger partial charge in [-0.15, -0.1) is 0 Å². The number of likely N-dealkylation sites (N-methyl/N-ethyl adjacent to an activating group) is 1. The van der Waals surface area contributed by atoms with Crippen LogP contribution >= 0.6 is 0 Å². The molecule has 0 rings (SSSR count). The molecule has 1 unspecified atom stereocenters. The molecule has 0 spiro atoms. The first kappa shape index (κ1) is 10.2. The van der Waals surface area contributed by atoms with E-state index in [2.05, 4.69) is 20.4 Å². The Balaban J connectivity index is 4.11. The second-order valence-electron chi connectivity index (χ2n) is 3.14. The van der Waals surface area contributed by atoms with Gasteiger partial charge in [-0.2, -0.15) is 0 Å². The van der Waals surface area contributed by atoms with Crippen molar-refractivity contribution in [2.75, 3.05) is 7.05 Å². The van der Waals surface area contributed by atoms with Gasteiger partial charge in [0.15, 0.2) is 0 Å². The molecular weight excluding hydrogens is 138 g/mol. The molecule has 0 aliphatic heterocycles. The van der Waals surface area contributed by atoms with Crippen molar-refractivity contribution in [2.24, 2.45) is 5.92 Å². The maximum atomic E-state index is 11.1. The fourth-order valence-electron chi connectivity index (χ4n) is 0.792. The smallest absolute Gasteiger partial charge is 0.245 e. The monoisotopic (exact) mass is 155 g/mol.